The normalized spacial score (nSPS) is 52.1. The topological polar surface area (TPSA) is 40.5 Å². The van der Waals surface area contributed by atoms with E-state index in [0.717, 1.165) is 35.6 Å². The van der Waals surface area contributed by atoms with E-state index in [4.69, 9.17) is 0 Å². The van der Waals surface area contributed by atoms with Crippen LogP contribution in [0.3, 0.4) is 0 Å². The van der Waals surface area contributed by atoms with Gasteiger partial charge in [0.1, 0.15) is 12.1 Å². The number of allylic oxidation sites excluding steroid dienone is 1. The third-order valence-electron chi connectivity index (χ3n) is 10.4. The molecule has 8 atom stereocenters. The molecule has 0 aromatic carbocycles. The summed E-state index contributed by atoms with van der Waals surface area (Å²) in [6, 6.07) is 0.451. The second-order valence-electron chi connectivity index (χ2n) is 11.6. The summed E-state index contributed by atoms with van der Waals surface area (Å²) in [5.41, 5.74) is 1.98. The Hall–Kier alpha value is 0.350. The first-order chi connectivity index (χ1) is 12.8. The number of rotatable bonds is 1. The van der Waals surface area contributed by atoms with Gasteiger partial charge in [0, 0.05) is 24.7 Å². The van der Waals surface area contributed by atoms with Crippen LogP contribution in [-0.2, 0) is 0 Å². The van der Waals surface area contributed by atoms with E-state index in [2.05, 4.69) is 27.0 Å². The first-order valence-electron chi connectivity index (χ1n) is 11.7. The minimum atomic E-state index is -0.127. The highest BCUT2D eigenvalue weighted by Crippen LogP contribution is 2.65. The first-order valence-corrected chi connectivity index (χ1v) is 11.7. The van der Waals surface area contributed by atoms with Gasteiger partial charge in [0.15, 0.2) is 0 Å². The summed E-state index contributed by atoms with van der Waals surface area (Å²) >= 11 is 0. The number of likely N-dealkylation sites (N-methyl/N-ethyl adjacent to an activating group) is 1. The minimum Gasteiger partial charge on any atom is -1.00 e. The van der Waals surface area contributed by atoms with Crippen LogP contribution in [0.15, 0.2) is 11.6 Å². The third-order valence-corrected chi connectivity index (χ3v) is 10.4. The van der Waals surface area contributed by atoms with Crippen molar-refractivity contribution in [3.05, 3.63) is 11.6 Å². The molecule has 1 heterocycles. The van der Waals surface area contributed by atoms with Crippen LogP contribution in [0.5, 0.6) is 0 Å². The van der Waals surface area contributed by atoms with Gasteiger partial charge in [0.2, 0.25) is 0 Å². The fourth-order valence-corrected chi connectivity index (χ4v) is 8.61. The minimum absolute atomic E-state index is 0. The lowest BCUT2D eigenvalue weighted by molar-refractivity contribution is -0.925. The molecule has 4 fully saturated rings. The number of nitrogens with zero attached hydrogens (tertiary/aromatic N) is 1. The van der Waals surface area contributed by atoms with E-state index < -0.39 is 0 Å². The predicted molar refractivity (Wildman–Crippen MR) is 108 cm³/mol. The summed E-state index contributed by atoms with van der Waals surface area (Å²) in [4.78, 5) is 0. The van der Waals surface area contributed by atoms with Gasteiger partial charge in [-0.2, -0.15) is 0 Å². The van der Waals surface area contributed by atoms with Gasteiger partial charge in [-0.3, -0.25) is 0 Å². The summed E-state index contributed by atoms with van der Waals surface area (Å²) in [6.07, 6.45) is 12.9. The van der Waals surface area contributed by atoms with E-state index in [9.17, 15) is 10.2 Å². The van der Waals surface area contributed by atoms with Gasteiger partial charge >= 0.3 is 0 Å². The lowest BCUT2D eigenvalue weighted by atomic mass is 9.48. The quantitative estimate of drug-likeness (QED) is 0.319. The zero-order valence-electron chi connectivity index (χ0n) is 18.0. The maximum Gasteiger partial charge on any atom is 0.116 e. The van der Waals surface area contributed by atoms with Gasteiger partial charge in [-0.1, -0.05) is 25.5 Å². The Balaban J connectivity index is 0.00000192. The molecule has 4 heteroatoms. The number of aliphatic hydroxyl groups excluding tert-OH is 2. The van der Waals surface area contributed by atoms with Crippen LogP contribution in [-0.4, -0.2) is 53.1 Å². The zero-order valence-corrected chi connectivity index (χ0v) is 20.2. The SMILES string of the molecule is C[C@]12CC[C@H]3[C@@H](CC=C4C[C@@H](O)CC[C@@]43C)[C@@H]1C[C@H]([N+]1(C)CCCC1)[C@@H]2O.[I-]. The van der Waals surface area contributed by atoms with Crippen LogP contribution in [0.25, 0.3) is 0 Å². The lowest BCUT2D eigenvalue weighted by Gasteiger charge is -2.57. The molecule has 4 aliphatic carbocycles. The Morgan fingerprint density at radius 3 is 2.46 bits per heavy atom. The molecule has 5 aliphatic rings. The van der Waals surface area contributed by atoms with Crippen LogP contribution in [0.4, 0.5) is 0 Å². The molecule has 2 N–H and O–H groups in total. The predicted octanol–water partition coefficient (Wildman–Crippen LogP) is 0.894. The smallest absolute Gasteiger partial charge is 0.116 e. The van der Waals surface area contributed by atoms with E-state index >= 15 is 0 Å². The average Bonchev–Trinajstić information content (AvgIpc) is 3.18. The van der Waals surface area contributed by atoms with Crippen LogP contribution in [0, 0.1) is 28.6 Å². The summed E-state index contributed by atoms with van der Waals surface area (Å²) in [6.45, 7) is 7.45. The standard InChI is InChI=1S/C24H40NO2.HI/c1-23-10-8-17(26)14-16(23)6-7-18-19(23)9-11-24(2)20(18)15-21(22(24)27)25(3)12-4-5-13-25;/h6,17-22,26-27H,4-5,7-15H2,1-3H3;1H/q+1;/p-1/t17-,18+,19-,20-,21-,22-,23-,24-;/m0./s1. The van der Waals surface area contributed by atoms with Crippen molar-refractivity contribution in [3.63, 3.8) is 0 Å². The van der Waals surface area contributed by atoms with Crippen molar-refractivity contribution < 1.29 is 38.7 Å². The zero-order chi connectivity index (χ0) is 19.0. The highest BCUT2D eigenvalue weighted by atomic mass is 127. The Bertz CT molecular complexity index is 645. The number of halogens is 1. The maximum absolute atomic E-state index is 11.5. The van der Waals surface area contributed by atoms with Crippen LogP contribution < -0.4 is 24.0 Å². The number of aliphatic hydroxyl groups is 2. The fourth-order valence-electron chi connectivity index (χ4n) is 8.61. The molecule has 0 aromatic rings. The van der Waals surface area contributed by atoms with Crippen molar-refractivity contribution in [2.24, 2.45) is 28.6 Å². The largest absolute Gasteiger partial charge is 1.00 e. The number of hydrogen-bond acceptors (Lipinski definition) is 2. The van der Waals surface area contributed by atoms with E-state index in [0.29, 0.717) is 17.4 Å². The summed E-state index contributed by atoms with van der Waals surface area (Å²) < 4.78 is 1.12. The highest BCUT2D eigenvalue weighted by Gasteiger charge is 2.64. The molecule has 1 aliphatic heterocycles. The van der Waals surface area contributed by atoms with Crippen molar-refractivity contribution in [3.8, 4) is 0 Å². The van der Waals surface area contributed by atoms with Crippen LogP contribution in [0.1, 0.15) is 71.6 Å². The molecule has 0 amide bonds. The van der Waals surface area contributed by atoms with Gasteiger partial charge in [0.05, 0.1) is 26.2 Å². The van der Waals surface area contributed by atoms with Gasteiger partial charge in [-0.15, -0.1) is 0 Å². The molecular weight excluding hydrogens is 461 g/mol. The molecule has 0 bridgehead atoms. The number of quaternary nitrogens is 1. The molecule has 3 nitrogen and oxygen atoms in total. The molecule has 28 heavy (non-hydrogen) atoms. The molecular formula is C24H40INO2. The van der Waals surface area contributed by atoms with E-state index in [1.54, 1.807) is 5.57 Å². The Morgan fingerprint density at radius 1 is 1.04 bits per heavy atom. The first kappa shape index (κ1) is 21.6. The average molecular weight is 501 g/mol. The molecule has 0 radical (unpaired) electrons. The molecule has 5 rings (SSSR count). The second-order valence-corrected chi connectivity index (χ2v) is 11.6. The summed E-state index contributed by atoms with van der Waals surface area (Å²) in [5.74, 6) is 2.17. The van der Waals surface area contributed by atoms with Crippen molar-refractivity contribution in [2.45, 2.75) is 89.9 Å². The fraction of sp³-hybridized carbons (Fsp3) is 0.917. The number of likely N-dealkylation sites (tertiary alicyclic amines) is 1. The second kappa shape index (κ2) is 7.20. The third kappa shape index (κ3) is 2.90. The Morgan fingerprint density at radius 2 is 1.75 bits per heavy atom. The van der Waals surface area contributed by atoms with Gasteiger partial charge < -0.3 is 38.7 Å². The molecule has 0 spiro atoms. The lowest BCUT2D eigenvalue weighted by Crippen LogP contribution is -3.00. The van der Waals surface area contributed by atoms with E-state index in [1.807, 2.05) is 0 Å². The summed E-state index contributed by atoms with van der Waals surface area (Å²) in [7, 11) is 2.42. The highest BCUT2D eigenvalue weighted by molar-refractivity contribution is 5.25. The number of fused-ring (bicyclic) bond motifs is 5. The molecule has 160 valence electrons. The summed E-state index contributed by atoms with van der Waals surface area (Å²) in [5, 5.41) is 21.7. The van der Waals surface area contributed by atoms with Gasteiger partial charge in [-0.05, 0) is 61.7 Å². The van der Waals surface area contributed by atoms with E-state index in [-0.39, 0.29) is 41.6 Å². The maximum atomic E-state index is 11.5. The Labute approximate surface area is 188 Å². The van der Waals surface area contributed by atoms with E-state index in [1.165, 1.54) is 51.6 Å². The Kier molecular flexibility index (Phi) is 5.55. The van der Waals surface area contributed by atoms with Crippen LogP contribution in [0.2, 0.25) is 0 Å². The number of hydrogen-bond donors (Lipinski definition) is 2. The van der Waals surface area contributed by atoms with Gasteiger partial charge in [-0.25, -0.2) is 0 Å². The van der Waals surface area contributed by atoms with Gasteiger partial charge in [0.25, 0.3) is 0 Å². The van der Waals surface area contributed by atoms with Crippen LogP contribution >= 0.6 is 0 Å². The molecule has 3 saturated carbocycles. The van der Waals surface area contributed by atoms with Crippen molar-refractivity contribution in [1.29, 1.82) is 0 Å². The van der Waals surface area contributed by atoms with Crippen molar-refractivity contribution in [1.82, 2.24) is 0 Å². The van der Waals surface area contributed by atoms with Crippen molar-refractivity contribution >= 4 is 0 Å². The monoisotopic (exact) mass is 501 g/mol. The van der Waals surface area contributed by atoms with Crippen molar-refractivity contribution in [2.75, 3.05) is 20.1 Å². The molecule has 1 saturated heterocycles. The molecule has 0 aromatic heterocycles. The molecule has 0 unspecified atom stereocenters.